The molecule has 0 saturated carbocycles. The van der Waals surface area contributed by atoms with Gasteiger partial charge in [-0.15, -0.1) is 24.0 Å². The van der Waals surface area contributed by atoms with Crippen molar-refractivity contribution in [2.75, 3.05) is 4.90 Å². The Morgan fingerprint density at radius 2 is 0.930 bits per heavy atom. The zero-order valence-electron chi connectivity index (χ0n) is 31.0. The fourth-order valence-electron chi connectivity index (χ4n) is 7.70. The predicted molar refractivity (Wildman–Crippen MR) is 246 cm³/mol. The fourth-order valence-corrected chi connectivity index (χ4v) is 9.01. The standard InChI is InChI=1S/C53H36N2S2/c56-51-35-49-52(57-53(54-49)40-17-8-3-9-18-40)34-48(51)43-21-12-20-41(31-43)39-25-29-46(30-26-39)55(45-27-23-38(24-28-45)36-13-4-1-5-14-36)50-33-44(37-15-6-2-7-16-37)32-42-19-10-11-22-47(42)50/h1-35,56H. The number of aromatic nitrogens is 1. The lowest BCUT2D eigenvalue weighted by molar-refractivity contribution is 1.30. The molecule has 0 amide bonds. The molecule has 0 bridgehead atoms. The van der Waals surface area contributed by atoms with Gasteiger partial charge in [0.1, 0.15) is 5.01 Å². The average molecular weight is 765 g/mol. The summed E-state index contributed by atoms with van der Waals surface area (Å²) in [6.45, 7) is 0. The third-order valence-electron chi connectivity index (χ3n) is 10.6. The van der Waals surface area contributed by atoms with Crippen molar-refractivity contribution in [3.63, 3.8) is 0 Å². The minimum atomic E-state index is 0.916. The summed E-state index contributed by atoms with van der Waals surface area (Å²) in [6, 6.07) is 75.9. The smallest absolute Gasteiger partial charge is 0.124 e. The number of anilines is 3. The van der Waals surface area contributed by atoms with Crippen molar-refractivity contribution in [2.24, 2.45) is 0 Å². The molecule has 0 fully saturated rings. The van der Waals surface area contributed by atoms with Crippen LogP contribution in [-0.2, 0) is 0 Å². The molecule has 0 aliphatic rings. The first-order chi connectivity index (χ1) is 28.1. The predicted octanol–water partition coefficient (Wildman–Crippen LogP) is 15.5. The lowest BCUT2D eigenvalue weighted by Gasteiger charge is -2.28. The van der Waals surface area contributed by atoms with E-state index in [1.54, 1.807) is 11.3 Å². The Balaban J connectivity index is 1.05. The van der Waals surface area contributed by atoms with Crippen LogP contribution in [0.2, 0.25) is 0 Å². The first-order valence-corrected chi connectivity index (χ1v) is 20.3. The van der Waals surface area contributed by atoms with Crippen LogP contribution in [-0.4, -0.2) is 4.98 Å². The molecule has 1 heterocycles. The molecule has 2 nitrogen and oxygen atoms in total. The molecule has 0 N–H and O–H groups in total. The largest absolute Gasteiger partial charge is 0.310 e. The van der Waals surface area contributed by atoms with Crippen molar-refractivity contribution < 1.29 is 0 Å². The normalized spacial score (nSPS) is 11.2. The molecular formula is C53H36N2S2. The number of rotatable bonds is 8. The Morgan fingerprint density at radius 3 is 1.60 bits per heavy atom. The maximum atomic E-state index is 4.95. The summed E-state index contributed by atoms with van der Waals surface area (Å²) >= 11 is 6.67. The minimum absolute atomic E-state index is 0.916. The molecule has 0 atom stereocenters. The molecule has 0 radical (unpaired) electrons. The molecular weight excluding hydrogens is 729 g/mol. The summed E-state index contributed by atoms with van der Waals surface area (Å²) in [5.74, 6) is 0. The highest BCUT2D eigenvalue weighted by Gasteiger charge is 2.18. The highest BCUT2D eigenvalue weighted by molar-refractivity contribution is 7.80. The van der Waals surface area contributed by atoms with Gasteiger partial charge in [-0.3, -0.25) is 0 Å². The first-order valence-electron chi connectivity index (χ1n) is 19.1. The molecule has 0 aliphatic heterocycles. The van der Waals surface area contributed by atoms with Gasteiger partial charge >= 0.3 is 0 Å². The van der Waals surface area contributed by atoms with Crippen molar-refractivity contribution in [3.8, 4) is 55.1 Å². The van der Waals surface area contributed by atoms with E-state index in [4.69, 9.17) is 17.6 Å². The molecule has 57 heavy (non-hydrogen) atoms. The lowest BCUT2D eigenvalue weighted by atomic mass is 9.97. The van der Waals surface area contributed by atoms with Gasteiger partial charge in [-0.25, -0.2) is 4.98 Å². The van der Waals surface area contributed by atoms with Crippen LogP contribution < -0.4 is 4.90 Å². The van der Waals surface area contributed by atoms with E-state index in [-0.39, 0.29) is 0 Å². The van der Waals surface area contributed by atoms with Crippen LogP contribution in [0, 0.1) is 0 Å². The zero-order chi connectivity index (χ0) is 38.1. The molecule has 0 saturated heterocycles. The van der Waals surface area contributed by atoms with E-state index in [2.05, 4.69) is 211 Å². The molecule has 10 rings (SSSR count). The highest BCUT2D eigenvalue weighted by Crippen LogP contribution is 2.43. The van der Waals surface area contributed by atoms with E-state index in [1.807, 2.05) is 6.07 Å². The van der Waals surface area contributed by atoms with Crippen molar-refractivity contribution in [1.29, 1.82) is 0 Å². The molecule has 270 valence electrons. The Bertz CT molecular complexity index is 2990. The van der Waals surface area contributed by atoms with Crippen molar-refractivity contribution >= 4 is 62.0 Å². The molecule has 4 heteroatoms. The van der Waals surface area contributed by atoms with Crippen LogP contribution in [0.4, 0.5) is 17.1 Å². The topological polar surface area (TPSA) is 16.1 Å². The maximum Gasteiger partial charge on any atom is 0.124 e. The van der Waals surface area contributed by atoms with E-state index in [0.29, 0.717) is 0 Å². The average Bonchev–Trinajstić information content (AvgIpc) is 3.70. The van der Waals surface area contributed by atoms with Gasteiger partial charge in [0.2, 0.25) is 0 Å². The Hall–Kier alpha value is -6.72. The Kier molecular flexibility index (Phi) is 9.19. The number of nitrogens with zero attached hydrogens (tertiary/aromatic N) is 2. The minimum Gasteiger partial charge on any atom is -0.310 e. The van der Waals surface area contributed by atoms with Crippen molar-refractivity contribution in [3.05, 3.63) is 212 Å². The summed E-state index contributed by atoms with van der Waals surface area (Å²) in [4.78, 5) is 8.24. The van der Waals surface area contributed by atoms with Crippen LogP contribution >= 0.6 is 24.0 Å². The van der Waals surface area contributed by atoms with Gasteiger partial charge in [-0.05, 0) is 104 Å². The first kappa shape index (κ1) is 34.7. The molecule has 0 aliphatic carbocycles. The van der Waals surface area contributed by atoms with E-state index in [0.717, 1.165) is 65.0 Å². The van der Waals surface area contributed by atoms with Crippen LogP contribution in [0.3, 0.4) is 0 Å². The lowest BCUT2D eigenvalue weighted by Crippen LogP contribution is -2.10. The van der Waals surface area contributed by atoms with Gasteiger partial charge in [0.25, 0.3) is 0 Å². The van der Waals surface area contributed by atoms with Gasteiger partial charge in [0, 0.05) is 27.2 Å². The molecule has 10 aromatic rings. The Morgan fingerprint density at radius 1 is 0.404 bits per heavy atom. The zero-order valence-corrected chi connectivity index (χ0v) is 32.7. The Labute approximate surface area is 342 Å². The third kappa shape index (κ3) is 6.91. The maximum absolute atomic E-state index is 4.95. The third-order valence-corrected chi connectivity index (χ3v) is 12.0. The van der Waals surface area contributed by atoms with Gasteiger partial charge in [0.05, 0.1) is 15.9 Å². The molecule has 9 aromatic carbocycles. The van der Waals surface area contributed by atoms with Crippen molar-refractivity contribution in [1.82, 2.24) is 4.98 Å². The van der Waals surface area contributed by atoms with E-state index >= 15 is 0 Å². The number of fused-ring (bicyclic) bond motifs is 2. The van der Waals surface area contributed by atoms with E-state index < -0.39 is 0 Å². The number of hydrogen-bond donors (Lipinski definition) is 1. The van der Waals surface area contributed by atoms with E-state index in [9.17, 15) is 0 Å². The summed E-state index contributed by atoms with van der Waals surface area (Å²) in [5, 5.41) is 3.41. The number of thiazole rings is 1. The second kappa shape index (κ2) is 15.1. The monoisotopic (exact) mass is 764 g/mol. The molecule has 0 spiro atoms. The number of hydrogen-bond acceptors (Lipinski definition) is 4. The quantitative estimate of drug-likeness (QED) is 0.155. The van der Waals surface area contributed by atoms with Crippen LogP contribution in [0.25, 0.3) is 76.1 Å². The van der Waals surface area contributed by atoms with E-state index in [1.165, 1.54) is 33.0 Å². The van der Waals surface area contributed by atoms with Gasteiger partial charge < -0.3 is 4.90 Å². The summed E-state index contributed by atoms with van der Waals surface area (Å²) in [5.41, 5.74) is 14.7. The van der Waals surface area contributed by atoms with Gasteiger partial charge in [-0.1, -0.05) is 158 Å². The second-order valence-electron chi connectivity index (χ2n) is 14.2. The molecule has 1 aromatic heterocycles. The van der Waals surface area contributed by atoms with Gasteiger partial charge in [0.15, 0.2) is 0 Å². The van der Waals surface area contributed by atoms with Crippen LogP contribution in [0.5, 0.6) is 0 Å². The number of thiol groups is 1. The number of benzene rings is 9. The fraction of sp³-hybridized carbons (Fsp3) is 0. The summed E-state index contributed by atoms with van der Waals surface area (Å²) < 4.78 is 1.15. The molecule has 0 unspecified atom stereocenters. The SMILES string of the molecule is Sc1cc2nc(-c3ccccc3)sc2cc1-c1cccc(-c2ccc(N(c3ccc(-c4ccccc4)cc3)c3cc(-c4ccccc4)cc4ccccc34)cc2)c1. The van der Waals surface area contributed by atoms with Crippen molar-refractivity contribution in [2.45, 2.75) is 4.90 Å². The van der Waals surface area contributed by atoms with Gasteiger partial charge in [-0.2, -0.15) is 0 Å². The van der Waals surface area contributed by atoms with Crippen LogP contribution in [0.15, 0.2) is 217 Å². The summed E-state index contributed by atoms with van der Waals surface area (Å²) in [7, 11) is 0. The highest BCUT2D eigenvalue weighted by atomic mass is 32.1. The van der Waals surface area contributed by atoms with Crippen LogP contribution in [0.1, 0.15) is 0 Å². The second-order valence-corrected chi connectivity index (χ2v) is 15.7. The summed E-state index contributed by atoms with van der Waals surface area (Å²) in [6.07, 6.45) is 0.